The van der Waals surface area contributed by atoms with Crippen LogP contribution in [0.4, 0.5) is 0 Å². The first kappa shape index (κ1) is 8.48. The molecule has 0 aliphatic heterocycles. The monoisotopic (exact) mass is 202 g/mol. The van der Waals surface area contributed by atoms with E-state index in [-0.39, 0.29) is 0 Å². The Morgan fingerprint density at radius 3 is 3.25 bits per heavy atom. The van der Waals surface area contributed by atoms with Gasteiger partial charge in [0.2, 0.25) is 0 Å². The van der Waals surface area contributed by atoms with Crippen LogP contribution in [0.25, 0.3) is 0 Å². The molecule has 2 rings (SSSR count). The fraction of sp³-hybridized carbons (Fsp3) is 0.625. The first-order valence-electron chi connectivity index (χ1n) is 4.11. The number of likely N-dealkylation sites (N-methyl/N-ethyl adjacent to an activating group) is 1. The highest BCUT2D eigenvalue weighted by Gasteiger charge is 2.20. The Morgan fingerprint density at radius 2 is 2.50 bits per heavy atom. The molecule has 1 aromatic heterocycles. The van der Waals surface area contributed by atoms with Crippen LogP contribution in [-0.2, 0) is 12.8 Å². The van der Waals surface area contributed by atoms with Gasteiger partial charge in [-0.25, -0.2) is 4.98 Å². The van der Waals surface area contributed by atoms with Crippen LogP contribution in [0.5, 0.6) is 0 Å². The van der Waals surface area contributed by atoms with E-state index in [4.69, 9.17) is 11.6 Å². The van der Waals surface area contributed by atoms with Gasteiger partial charge in [0.05, 0.1) is 5.69 Å². The minimum atomic E-state index is 0.619. The Morgan fingerprint density at radius 1 is 1.67 bits per heavy atom. The summed E-state index contributed by atoms with van der Waals surface area (Å²) in [7, 11) is 2.01. The van der Waals surface area contributed by atoms with E-state index in [1.807, 2.05) is 7.05 Å². The first-order valence-corrected chi connectivity index (χ1v) is 5.30. The third-order valence-electron chi connectivity index (χ3n) is 2.32. The predicted octanol–water partition coefficient (Wildman–Crippen LogP) is 1.87. The molecule has 0 spiro atoms. The average Bonchev–Trinajstić information content (AvgIpc) is 2.43. The quantitative estimate of drug-likeness (QED) is 0.752. The van der Waals surface area contributed by atoms with Gasteiger partial charge in [-0.1, -0.05) is 11.6 Å². The Hall–Kier alpha value is -0.120. The number of hydrogen-bond donors (Lipinski definition) is 1. The van der Waals surface area contributed by atoms with E-state index in [1.54, 1.807) is 11.3 Å². The van der Waals surface area contributed by atoms with Crippen LogP contribution in [0.1, 0.15) is 17.0 Å². The van der Waals surface area contributed by atoms with E-state index >= 15 is 0 Å². The number of aryl methyl sites for hydroxylation is 1. The van der Waals surface area contributed by atoms with Gasteiger partial charge in [0, 0.05) is 10.9 Å². The summed E-state index contributed by atoms with van der Waals surface area (Å²) in [5, 5.41) is 3.29. The van der Waals surface area contributed by atoms with Crippen molar-refractivity contribution >= 4 is 22.9 Å². The molecule has 0 amide bonds. The molecule has 1 aliphatic carbocycles. The van der Waals surface area contributed by atoms with E-state index in [0.717, 1.165) is 12.8 Å². The van der Waals surface area contributed by atoms with Crippen LogP contribution in [0.2, 0.25) is 4.47 Å². The highest BCUT2D eigenvalue weighted by atomic mass is 35.5. The minimum Gasteiger partial charge on any atom is -0.317 e. The molecule has 1 aliphatic rings. The summed E-state index contributed by atoms with van der Waals surface area (Å²) >= 11 is 7.45. The molecule has 0 fully saturated rings. The second kappa shape index (κ2) is 3.32. The minimum absolute atomic E-state index is 0.619. The van der Waals surface area contributed by atoms with E-state index < -0.39 is 0 Å². The molecule has 12 heavy (non-hydrogen) atoms. The number of nitrogens with one attached hydrogen (secondary N) is 1. The molecule has 2 nitrogen and oxygen atoms in total. The number of fused-ring (bicyclic) bond motifs is 1. The molecule has 1 heterocycles. The van der Waals surface area contributed by atoms with Crippen LogP contribution >= 0.6 is 22.9 Å². The highest BCUT2D eigenvalue weighted by molar-refractivity contribution is 7.15. The third kappa shape index (κ3) is 1.49. The van der Waals surface area contributed by atoms with Crippen molar-refractivity contribution in [1.82, 2.24) is 10.3 Å². The van der Waals surface area contributed by atoms with E-state index in [2.05, 4.69) is 10.3 Å². The van der Waals surface area contributed by atoms with Gasteiger partial charge in [-0.3, -0.25) is 0 Å². The Kier molecular flexibility index (Phi) is 2.35. The first-order chi connectivity index (χ1) is 5.79. The summed E-state index contributed by atoms with van der Waals surface area (Å²) in [6.45, 7) is 0. The van der Waals surface area contributed by atoms with Crippen molar-refractivity contribution in [1.29, 1.82) is 0 Å². The maximum atomic E-state index is 5.83. The zero-order valence-corrected chi connectivity index (χ0v) is 8.50. The topological polar surface area (TPSA) is 24.9 Å². The molecule has 0 saturated heterocycles. The van der Waals surface area contributed by atoms with E-state index in [0.29, 0.717) is 10.5 Å². The van der Waals surface area contributed by atoms with Crippen molar-refractivity contribution in [2.75, 3.05) is 7.05 Å². The summed E-state index contributed by atoms with van der Waals surface area (Å²) < 4.78 is 0.691. The number of rotatable bonds is 1. The van der Waals surface area contributed by atoms with Gasteiger partial charge in [0.1, 0.15) is 0 Å². The lowest BCUT2D eigenvalue weighted by atomic mass is 9.98. The molecule has 0 saturated carbocycles. The van der Waals surface area contributed by atoms with Gasteiger partial charge in [0.25, 0.3) is 0 Å². The van der Waals surface area contributed by atoms with Crippen molar-refractivity contribution in [3.05, 3.63) is 15.0 Å². The number of aromatic nitrogens is 1. The average molecular weight is 203 g/mol. The van der Waals surface area contributed by atoms with Crippen molar-refractivity contribution in [2.24, 2.45) is 0 Å². The number of nitrogens with zero attached hydrogens (tertiary/aromatic N) is 1. The Bertz CT molecular complexity index is 285. The fourth-order valence-corrected chi connectivity index (χ4v) is 2.88. The molecule has 1 atom stereocenters. The summed E-state index contributed by atoms with van der Waals surface area (Å²) in [4.78, 5) is 5.64. The summed E-state index contributed by atoms with van der Waals surface area (Å²) in [6.07, 6.45) is 3.35. The van der Waals surface area contributed by atoms with Crippen molar-refractivity contribution in [3.63, 3.8) is 0 Å². The van der Waals surface area contributed by atoms with Crippen molar-refractivity contribution in [3.8, 4) is 0 Å². The second-order valence-electron chi connectivity index (χ2n) is 3.07. The molecule has 1 aromatic rings. The van der Waals surface area contributed by atoms with Crippen molar-refractivity contribution in [2.45, 2.75) is 25.3 Å². The van der Waals surface area contributed by atoms with Crippen LogP contribution < -0.4 is 5.32 Å². The van der Waals surface area contributed by atoms with Crippen LogP contribution in [-0.4, -0.2) is 18.1 Å². The molecular formula is C8H11ClN2S. The SMILES string of the molecule is CNC1CCc2nc(Cl)sc2C1. The van der Waals surface area contributed by atoms with E-state index in [9.17, 15) is 0 Å². The molecule has 4 heteroatoms. The van der Waals surface area contributed by atoms with Gasteiger partial charge < -0.3 is 5.32 Å². The largest absolute Gasteiger partial charge is 0.317 e. The van der Waals surface area contributed by atoms with Gasteiger partial charge >= 0.3 is 0 Å². The number of halogens is 1. The standard InChI is InChI=1S/C8H11ClN2S/c1-10-5-2-3-6-7(4-5)12-8(9)11-6/h5,10H,2-4H2,1H3. The predicted molar refractivity (Wildman–Crippen MR) is 52.0 cm³/mol. The highest BCUT2D eigenvalue weighted by Crippen LogP contribution is 2.29. The van der Waals surface area contributed by atoms with Crippen molar-refractivity contribution < 1.29 is 0 Å². The van der Waals surface area contributed by atoms with Crippen LogP contribution in [0.15, 0.2) is 0 Å². The lowest BCUT2D eigenvalue weighted by Crippen LogP contribution is -2.30. The third-order valence-corrected chi connectivity index (χ3v) is 3.55. The Labute approximate surface area is 81.0 Å². The maximum Gasteiger partial charge on any atom is 0.184 e. The maximum absolute atomic E-state index is 5.83. The summed E-state index contributed by atoms with van der Waals surface area (Å²) in [5.41, 5.74) is 1.22. The lowest BCUT2D eigenvalue weighted by Gasteiger charge is -2.19. The number of hydrogen-bond acceptors (Lipinski definition) is 3. The zero-order chi connectivity index (χ0) is 8.55. The van der Waals surface area contributed by atoms with Crippen LogP contribution in [0, 0.1) is 0 Å². The summed E-state index contributed by atoms with van der Waals surface area (Å²) in [5.74, 6) is 0. The second-order valence-corrected chi connectivity index (χ2v) is 4.73. The molecule has 0 aromatic carbocycles. The molecule has 0 radical (unpaired) electrons. The van der Waals surface area contributed by atoms with Gasteiger partial charge in [-0.15, -0.1) is 11.3 Å². The molecular weight excluding hydrogens is 192 g/mol. The van der Waals surface area contributed by atoms with Gasteiger partial charge in [-0.2, -0.15) is 0 Å². The molecule has 1 N–H and O–H groups in total. The van der Waals surface area contributed by atoms with Crippen LogP contribution in [0.3, 0.4) is 0 Å². The zero-order valence-electron chi connectivity index (χ0n) is 6.93. The lowest BCUT2D eigenvalue weighted by molar-refractivity contribution is 0.497. The molecule has 0 bridgehead atoms. The molecule has 1 unspecified atom stereocenters. The summed E-state index contributed by atoms with van der Waals surface area (Å²) in [6, 6.07) is 0.619. The smallest absolute Gasteiger partial charge is 0.184 e. The van der Waals surface area contributed by atoms with Gasteiger partial charge in [-0.05, 0) is 26.3 Å². The Balaban J connectivity index is 2.22. The van der Waals surface area contributed by atoms with Gasteiger partial charge in [0.15, 0.2) is 4.47 Å². The normalized spacial score (nSPS) is 22.3. The van der Waals surface area contributed by atoms with E-state index in [1.165, 1.54) is 17.0 Å². The molecule has 66 valence electrons. The fourth-order valence-electron chi connectivity index (χ4n) is 1.59. The number of thiazole rings is 1.